The number of ether oxygens (including phenoxy) is 1. The minimum Gasteiger partial charge on any atom is -0.461 e. The quantitative estimate of drug-likeness (QED) is 0.329. The van der Waals surface area contributed by atoms with Crippen molar-refractivity contribution in [3.8, 4) is 17.3 Å². The molecule has 1 N–H and O–H groups in total. The second-order valence-corrected chi connectivity index (χ2v) is 11.4. The van der Waals surface area contributed by atoms with Crippen LogP contribution in [0.4, 0.5) is 23.4 Å². The number of hydrogen-bond acceptors (Lipinski definition) is 7. The van der Waals surface area contributed by atoms with E-state index in [1.54, 1.807) is 18.2 Å². The molecule has 0 saturated carbocycles. The van der Waals surface area contributed by atoms with Gasteiger partial charge in [-0.25, -0.2) is 17.6 Å². The van der Waals surface area contributed by atoms with E-state index in [4.69, 9.17) is 9.72 Å². The van der Waals surface area contributed by atoms with Gasteiger partial charge in [0.15, 0.2) is 5.82 Å². The standard InChI is InChI=1S/C30H30F4N6O/c1-39(20-6-8-35-13-20)28-22-14-36-26(21-5-2-4-17-10-18(31)11-23(33)24(17)21)25(34)27(22)37-29(38-28)41-16-30-7-3-9-40(30)15-19(32)12-30/h2,4-5,10-11,14,19-20,35H,3,6-9,12-13,15-16H2,1H3/t19-,20-,30+/m1/s1. The zero-order valence-corrected chi connectivity index (χ0v) is 22.6. The van der Waals surface area contributed by atoms with E-state index in [-0.39, 0.29) is 40.8 Å². The van der Waals surface area contributed by atoms with Gasteiger partial charge in [0.2, 0.25) is 0 Å². The lowest BCUT2D eigenvalue weighted by Crippen LogP contribution is -2.43. The van der Waals surface area contributed by atoms with Gasteiger partial charge in [-0.2, -0.15) is 9.97 Å². The average molecular weight is 567 g/mol. The summed E-state index contributed by atoms with van der Waals surface area (Å²) in [6.07, 6.45) is 3.64. The maximum Gasteiger partial charge on any atom is 0.319 e. The summed E-state index contributed by atoms with van der Waals surface area (Å²) in [6, 6.07) is 6.82. The van der Waals surface area contributed by atoms with Gasteiger partial charge in [-0.3, -0.25) is 9.88 Å². The predicted molar refractivity (Wildman–Crippen MR) is 148 cm³/mol. The summed E-state index contributed by atoms with van der Waals surface area (Å²) in [4.78, 5) is 17.7. The van der Waals surface area contributed by atoms with Gasteiger partial charge in [-0.05, 0) is 43.8 Å². The molecule has 2 aromatic carbocycles. The first-order valence-corrected chi connectivity index (χ1v) is 14.0. The van der Waals surface area contributed by atoms with Crippen LogP contribution >= 0.6 is 0 Å². The monoisotopic (exact) mass is 566 g/mol. The summed E-state index contributed by atoms with van der Waals surface area (Å²) in [5.74, 6) is -1.81. The lowest BCUT2D eigenvalue weighted by Gasteiger charge is -2.31. The van der Waals surface area contributed by atoms with E-state index in [9.17, 15) is 13.2 Å². The molecule has 5 heterocycles. The second kappa shape index (κ2) is 10.1. The van der Waals surface area contributed by atoms with Crippen LogP contribution in [0.25, 0.3) is 32.9 Å². The molecular formula is C30H30F4N6O. The number of hydrogen-bond donors (Lipinski definition) is 1. The number of likely N-dealkylation sites (N-methyl/N-ethyl adjacent to an activating group) is 1. The molecule has 3 fully saturated rings. The average Bonchev–Trinajstić information content (AvgIpc) is 3.68. The third-order valence-electron chi connectivity index (χ3n) is 8.94. The fourth-order valence-electron chi connectivity index (χ4n) is 6.87. The van der Waals surface area contributed by atoms with Crippen molar-refractivity contribution in [2.45, 2.75) is 43.4 Å². The smallest absolute Gasteiger partial charge is 0.319 e. The highest BCUT2D eigenvalue weighted by molar-refractivity contribution is 5.99. The molecule has 3 atom stereocenters. The molecule has 0 unspecified atom stereocenters. The second-order valence-electron chi connectivity index (χ2n) is 11.4. The van der Waals surface area contributed by atoms with Crippen LogP contribution < -0.4 is 15.0 Å². The van der Waals surface area contributed by atoms with Gasteiger partial charge >= 0.3 is 6.01 Å². The number of alkyl halides is 1. The predicted octanol–water partition coefficient (Wildman–Crippen LogP) is 5.02. The number of anilines is 1. The Labute approximate surface area is 234 Å². The van der Waals surface area contributed by atoms with E-state index < -0.39 is 29.2 Å². The summed E-state index contributed by atoms with van der Waals surface area (Å²) in [5.41, 5.74) is -0.346. The van der Waals surface area contributed by atoms with Crippen molar-refractivity contribution < 1.29 is 22.3 Å². The molecule has 11 heteroatoms. The van der Waals surface area contributed by atoms with Crippen molar-refractivity contribution >= 4 is 27.5 Å². The van der Waals surface area contributed by atoms with Crippen molar-refractivity contribution in [2.24, 2.45) is 0 Å². The molecule has 2 aromatic heterocycles. The van der Waals surface area contributed by atoms with Crippen LogP contribution in [0.5, 0.6) is 6.01 Å². The van der Waals surface area contributed by atoms with Crippen molar-refractivity contribution in [3.63, 3.8) is 0 Å². The first kappa shape index (κ1) is 26.3. The number of aromatic nitrogens is 3. The number of nitrogens with one attached hydrogen (secondary N) is 1. The third kappa shape index (κ3) is 4.46. The summed E-state index contributed by atoms with van der Waals surface area (Å²) in [7, 11) is 1.89. The zero-order chi connectivity index (χ0) is 28.3. The Bertz CT molecular complexity index is 1650. The topological polar surface area (TPSA) is 66.4 Å². The van der Waals surface area contributed by atoms with E-state index in [0.717, 1.165) is 45.0 Å². The fourth-order valence-corrected chi connectivity index (χ4v) is 6.87. The van der Waals surface area contributed by atoms with Crippen LogP contribution in [-0.4, -0.2) is 77.4 Å². The zero-order valence-electron chi connectivity index (χ0n) is 22.6. The molecule has 3 saturated heterocycles. The molecule has 0 bridgehead atoms. The highest BCUT2D eigenvalue weighted by atomic mass is 19.1. The minimum atomic E-state index is -0.909. The van der Waals surface area contributed by atoms with Gasteiger partial charge in [0, 0.05) is 55.8 Å². The van der Waals surface area contributed by atoms with Crippen LogP contribution in [0.3, 0.4) is 0 Å². The van der Waals surface area contributed by atoms with E-state index in [2.05, 4.69) is 20.2 Å². The molecule has 3 aliphatic heterocycles. The van der Waals surface area contributed by atoms with Gasteiger partial charge in [0.05, 0.1) is 10.9 Å². The lowest BCUT2D eigenvalue weighted by molar-refractivity contribution is 0.107. The molecule has 4 aromatic rings. The molecule has 0 aliphatic carbocycles. The summed E-state index contributed by atoms with van der Waals surface area (Å²) in [6.45, 7) is 3.01. The third-order valence-corrected chi connectivity index (χ3v) is 8.94. The Morgan fingerprint density at radius 3 is 2.90 bits per heavy atom. The van der Waals surface area contributed by atoms with Crippen LogP contribution in [-0.2, 0) is 0 Å². The Morgan fingerprint density at radius 1 is 1.20 bits per heavy atom. The summed E-state index contributed by atoms with van der Waals surface area (Å²) in [5, 5.41) is 4.10. The van der Waals surface area contributed by atoms with Crippen molar-refractivity contribution in [3.05, 3.63) is 54.0 Å². The number of halogens is 4. The normalized spacial score (nSPS) is 24.4. The molecule has 3 aliphatic rings. The van der Waals surface area contributed by atoms with Crippen molar-refractivity contribution in [2.75, 3.05) is 44.7 Å². The number of nitrogens with zero attached hydrogens (tertiary/aromatic N) is 5. The number of benzene rings is 2. The van der Waals surface area contributed by atoms with E-state index in [1.807, 2.05) is 11.9 Å². The molecule has 41 heavy (non-hydrogen) atoms. The van der Waals surface area contributed by atoms with Crippen LogP contribution in [0.2, 0.25) is 0 Å². The van der Waals surface area contributed by atoms with Crippen LogP contribution in [0, 0.1) is 17.5 Å². The number of rotatable bonds is 6. The maximum atomic E-state index is 16.4. The fraction of sp³-hybridized carbons (Fsp3) is 0.433. The van der Waals surface area contributed by atoms with Crippen LogP contribution in [0.1, 0.15) is 25.7 Å². The largest absolute Gasteiger partial charge is 0.461 e. The Kier molecular flexibility index (Phi) is 6.46. The molecule has 214 valence electrons. The number of fused-ring (bicyclic) bond motifs is 3. The summed E-state index contributed by atoms with van der Waals surface area (Å²) >= 11 is 0. The van der Waals surface area contributed by atoms with Gasteiger partial charge in [0.1, 0.15) is 41.4 Å². The first-order chi connectivity index (χ1) is 19.8. The molecular weight excluding hydrogens is 536 g/mol. The lowest BCUT2D eigenvalue weighted by atomic mass is 9.95. The summed E-state index contributed by atoms with van der Waals surface area (Å²) < 4.78 is 65.7. The first-order valence-electron chi connectivity index (χ1n) is 14.0. The minimum absolute atomic E-state index is 0.00365. The Morgan fingerprint density at radius 2 is 2.07 bits per heavy atom. The Hall–Kier alpha value is -3.57. The van der Waals surface area contributed by atoms with Crippen LogP contribution in [0.15, 0.2) is 36.5 Å². The highest BCUT2D eigenvalue weighted by Gasteiger charge is 2.49. The number of pyridine rings is 1. The van der Waals surface area contributed by atoms with Gasteiger partial charge in [-0.15, -0.1) is 0 Å². The van der Waals surface area contributed by atoms with E-state index in [0.29, 0.717) is 29.6 Å². The maximum absolute atomic E-state index is 16.4. The van der Waals surface area contributed by atoms with Gasteiger partial charge in [0.25, 0.3) is 0 Å². The van der Waals surface area contributed by atoms with Crippen molar-refractivity contribution in [1.82, 2.24) is 25.2 Å². The molecule has 0 spiro atoms. The Balaban J connectivity index is 1.35. The van der Waals surface area contributed by atoms with E-state index in [1.165, 1.54) is 12.3 Å². The molecule has 0 radical (unpaired) electrons. The van der Waals surface area contributed by atoms with E-state index >= 15 is 4.39 Å². The highest BCUT2D eigenvalue weighted by Crippen LogP contribution is 2.41. The van der Waals surface area contributed by atoms with Gasteiger partial charge in [-0.1, -0.05) is 18.2 Å². The SMILES string of the molecule is CN(c1nc(OC[C@@]23CCCN2C[C@H](F)C3)nc2c(F)c(-c3cccc4cc(F)cc(F)c34)ncc12)[C@@H]1CCNC1. The molecule has 7 nitrogen and oxygen atoms in total. The van der Waals surface area contributed by atoms with Crippen molar-refractivity contribution in [1.29, 1.82) is 0 Å². The molecule has 7 rings (SSSR count). The van der Waals surface area contributed by atoms with Gasteiger partial charge < -0.3 is 15.0 Å². The molecule has 0 amide bonds.